The van der Waals surface area contributed by atoms with E-state index in [9.17, 15) is 0 Å². The molecular formula is C12H21N3. The number of rotatable bonds is 6. The highest BCUT2D eigenvalue weighted by Gasteiger charge is 2.24. The summed E-state index contributed by atoms with van der Waals surface area (Å²) < 4.78 is 1.88. The zero-order chi connectivity index (χ0) is 10.7. The van der Waals surface area contributed by atoms with E-state index in [1.807, 2.05) is 17.9 Å². The number of nitrogens with zero attached hydrogens (tertiary/aromatic N) is 2. The van der Waals surface area contributed by atoms with Gasteiger partial charge >= 0.3 is 0 Å². The second-order valence-electron chi connectivity index (χ2n) is 4.73. The number of nitrogens with one attached hydrogen (secondary N) is 1. The summed E-state index contributed by atoms with van der Waals surface area (Å²) in [5.74, 6) is 1.01. The standard InChI is InChI=1S/C12H21N3/c1-13-12(7-10-3-4-10)6-5-11-8-14-15(2)9-11/h8-10,12-13H,3-7H2,1-2H3. The van der Waals surface area contributed by atoms with Crippen LogP contribution in [0.3, 0.4) is 0 Å². The Hall–Kier alpha value is -0.830. The van der Waals surface area contributed by atoms with Gasteiger partial charge < -0.3 is 5.32 Å². The van der Waals surface area contributed by atoms with E-state index >= 15 is 0 Å². The number of hydrogen-bond acceptors (Lipinski definition) is 2. The lowest BCUT2D eigenvalue weighted by Gasteiger charge is -2.14. The molecule has 1 saturated carbocycles. The summed E-state index contributed by atoms with van der Waals surface area (Å²) in [5, 5.41) is 7.61. The van der Waals surface area contributed by atoms with Gasteiger partial charge in [-0.25, -0.2) is 0 Å². The molecule has 1 atom stereocenters. The van der Waals surface area contributed by atoms with Crippen LogP contribution >= 0.6 is 0 Å². The topological polar surface area (TPSA) is 29.9 Å². The first-order valence-electron chi connectivity index (χ1n) is 5.92. The van der Waals surface area contributed by atoms with Gasteiger partial charge in [-0.05, 0) is 37.8 Å². The van der Waals surface area contributed by atoms with Gasteiger partial charge in [-0.15, -0.1) is 0 Å². The Morgan fingerprint density at radius 2 is 2.40 bits per heavy atom. The Bertz CT molecular complexity index is 302. The van der Waals surface area contributed by atoms with Crippen molar-refractivity contribution in [3.05, 3.63) is 18.0 Å². The predicted molar refractivity (Wildman–Crippen MR) is 61.7 cm³/mol. The van der Waals surface area contributed by atoms with Crippen LogP contribution in [-0.4, -0.2) is 22.9 Å². The van der Waals surface area contributed by atoms with Crippen molar-refractivity contribution < 1.29 is 0 Å². The fourth-order valence-electron chi connectivity index (χ4n) is 2.08. The fraction of sp³-hybridized carbons (Fsp3) is 0.750. The second-order valence-corrected chi connectivity index (χ2v) is 4.73. The minimum Gasteiger partial charge on any atom is -0.317 e. The maximum Gasteiger partial charge on any atom is 0.0521 e. The minimum absolute atomic E-state index is 0.692. The fourth-order valence-corrected chi connectivity index (χ4v) is 2.08. The summed E-state index contributed by atoms with van der Waals surface area (Å²) in [4.78, 5) is 0. The van der Waals surface area contributed by atoms with Crippen molar-refractivity contribution in [3.63, 3.8) is 0 Å². The van der Waals surface area contributed by atoms with E-state index in [4.69, 9.17) is 0 Å². The monoisotopic (exact) mass is 207 g/mol. The van der Waals surface area contributed by atoms with Crippen LogP contribution in [0.25, 0.3) is 0 Å². The van der Waals surface area contributed by atoms with Gasteiger partial charge in [0, 0.05) is 19.3 Å². The maximum absolute atomic E-state index is 4.19. The number of hydrogen-bond donors (Lipinski definition) is 1. The van der Waals surface area contributed by atoms with Crippen molar-refractivity contribution in [3.8, 4) is 0 Å². The molecule has 0 aromatic carbocycles. The third-order valence-electron chi connectivity index (χ3n) is 3.26. The van der Waals surface area contributed by atoms with Gasteiger partial charge in [-0.1, -0.05) is 12.8 Å². The van der Waals surface area contributed by atoms with E-state index in [0.29, 0.717) is 6.04 Å². The molecule has 3 heteroatoms. The molecule has 1 heterocycles. The van der Waals surface area contributed by atoms with Crippen molar-refractivity contribution >= 4 is 0 Å². The Balaban J connectivity index is 1.74. The molecule has 1 aromatic heterocycles. The van der Waals surface area contributed by atoms with Crippen molar-refractivity contribution in [1.82, 2.24) is 15.1 Å². The van der Waals surface area contributed by atoms with Gasteiger partial charge in [0.1, 0.15) is 0 Å². The molecular weight excluding hydrogens is 186 g/mol. The molecule has 0 saturated heterocycles. The van der Waals surface area contributed by atoms with Crippen molar-refractivity contribution in [2.45, 2.75) is 38.1 Å². The Morgan fingerprint density at radius 3 is 2.93 bits per heavy atom. The van der Waals surface area contributed by atoms with Gasteiger partial charge in [0.2, 0.25) is 0 Å². The zero-order valence-corrected chi connectivity index (χ0v) is 9.74. The molecule has 1 aliphatic carbocycles. The predicted octanol–water partition coefficient (Wildman–Crippen LogP) is 1.74. The van der Waals surface area contributed by atoms with Crippen LogP contribution < -0.4 is 5.32 Å². The van der Waals surface area contributed by atoms with Crippen LogP contribution in [0.4, 0.5) is 0 Å². The van der Waals surface area contributed by atoms with Crippen LogP contribution in [0, 0.1) is 5.92 Å². The molecule has 15 heavy (non-hydrogen) atoms. The molecule has 1 aliphatic rings. The summed E-state index contributed by atoms with van der Waals surface area (Å²) in [5.41, 5.74) is 1.36. The lowest BCUT2D eigenvalue weighted by Crippen LogP contribution is -2.26. The summed E-state index contributed by atoms with van der Waals surface area (Å²) in [6, 6.07) is 0.692. The van der Waals surface area contributed by atoms with Crippen molar-refractivity contribution in [2.24, 2.45) is 13.0 Å². The number of aromatic nitrogens is 2. The van der Waals surface area contributed by atoms with Gasteiger partial charge in [-0.2, -0.15) is 5.10 Å². The first-order chi connectivity index (χ1) is 7.28. The Kier molecular flexibility index (Phi) is 3.41. The van der Waals surface area contributed by atoms with Crippen LogP contribution in [0.2, 0.25) is 0 Å². The molecule has 1 fully saturated rings. The zero-order valence-electron chi connectivity index (χ0n) is 9.74. The van der Waals surface area contributed by atoms with Crippen LogP contribution in [0.1, 0.15) is 31.2 Å². The molecule has 2 rings (SSSR count). The first-order valence-corrected chi connectivity index (χ1v) is 5.92. The highest BCUT2D eigenvalue weighted by molar-refractivity contribution is 5.04. The average Bonchev–Trinajstić information content (AvgIpc) is 2.95. The molecule has 0 amide bonds. The molecule has 0 bridgehead atoms. The molecule has 3 nitrogen and oxygen atoms in total. The highest BCUT2D eigenvalue weighted by Crippen LogP contribution is 2.34. The van der Waals surface area contributed by atoms with E-state index in [2.05, 4.69) is 23.7 Å². The van der Waals surface area contributed by atoms with Gasteiger partial charge in [-0.3, -0.25) is 4.68 Å². The summed E-state index contributed by atoms with van der Waals surface area (Å²) in [7, 11) is 4.06. The third-order valence-corrected chi connectivity index (χ3v) is 3.26. The number of aryl methyl sites for hydroxylation is 2. The average molecular weight is 207 g/mol. The van der Waals surface area contributed by atoms with Crippen LogP contribution in [-0.2, 0) is 13.5 Å². The molecule has 1 aromatic rings. The first kappa shape index (κ1) is 10.7. The van der Waals surface area contributed by atoms with E-state index in [1.54, 1.807) is 0 Å². The molecule has 84 valence electrons. The SMILES string of the molecule is CNC(CCc1cnn(C)c1)CC1CC1. The summed E-state index contributed by atoms with van der Waals surface area (Å²) in [6.45, 7) is 0. The normalized spacial score (nSPS) is 18.0. The van der Waals surface area contributed by atoms with Crippen molar-refractivity contribution in [2.75, 3.05) is 7.05 Å². The molecule has 0 aliphatic heterocycles. The Morgan fingerprint density at radius 1 is 1.60 bits per heavy atom. The van der Waals surface area contributed by atoms with Gasteiger partial charge in [0.25, 0.3) is 0 Å². The van der Waals surface area contributed by atoms with E-state index in [1.165, 1.54) is 31.2 Å². The largest absolute Gasteiger partial charge is 0.317 e. The summed E-state index contributed by atoms with van der Waals surface area (Å²) in [6.07, 6.45) is 10.7. The molecule has 1 unspecified atom stereocenters. The smallest absolute Gasteiger partial charge is 0.0521 e. The van der Waals surface area contributed by atoms with Gasteiger partial charge in [0.15, 0.2) is 0 Å². The van der Waals surface area contributed by atoms with E-state index in [-0.39, 0.29) is 0 Å². The molecule has 0 spiro atoms. The second kappa shape index (κ2) is 4.79. The van der Waals surface area contributed by atoms with Crippen LogP contribution in [0.15, 0.2) is 12.4 Å². The third kappa shape index (κ3) is 3.34. The van der Waals surface area contributed by atoms with E-state index < -0.39 is 0 Å². The maximum atomic E-state index is 4.19. The minimum atomic E-state index is 0.692. The van der Waals surface area contributed by atoms with Gasteiger partial charge in [0.05, 0.1) is 6.20 Å². The van der Waals surface area contributed by atoms with E-state index in [0.717, 1.165) is 12.3 Å². The quantitative estimate of drug-likeness (QED) is 0.770. The Labute approximate surface area is 91.9 Å². The van der Waals surface area contributed by atoms with Crippen LogP contribution in [0.5, 0.6) is 0 Å². The van der Waals surface area contributed by atoms with Crippen molar-refractivity contribution in [1.29, 1.82) is 0 Å². The summed E-state index contributed by atoms with van der Waals surface area (Å²) >= 11 is 0. The lowest BCUT2D eigenvalue weighted by atomic mass is 10.0. The molecule has 0 radical (unpaired) electrons. The molecule has 1 N–H and O–H groups in total. The lowest BCUT2D eigenvalue weighted by molar-refractivity contribution is 0.464. The highest BCUT2D eigenvalue weighted by atomic mass is 15.2.